The van der Waals surface area contributed by atoms with Gasteiger partial charge in [0.15, 0.2) is 0 Å². The maximum absolute atomic E-state index is 3.77. The predicted octanol–water partition coefficient (Wildman–Crippen LogP) is 5.02. The van der Waals surface area contributed by atoms with Gasteiger partial charge >= 0.3 is 0 Å². The molecule has 0 saturated carbocycles. The van der Waals surface area contributed by atoms with Gasteiger partial charge in [0.1, 0.15) is 12.2 Å². The van der Waals surface area contributed by atoms with Crippen molar-refractivity contribution in [1.82, 2.24) is 0 Å². The Labute approximate surface area is 145 Å². The average molecular weight is 319 g/mol. The molecule has 0 amide bonds. The van der Waals surface area contributed by atoms with Crippen molar-refractivity contribution in [3.05, 3.63) is 70.8 Å². The molecular formula is C22H27N2+. The van der Waals surface area contributed by atoms with Crippen LogP contribution in [0.4, 0.5) is 5.69 Å². The molecule has 2 nitrogen and oxygen atoms in total. The molecule has 124 valence electrons. The van der Waals surface area contributed by atoms with Crippen LogP contribution in [0.3, 0.4) is 0 Å². The Morgan fingerprint density at radius 1 is 0.875 bits per heavy atom. The van der Waals surface area contributed by atoms with Gasteiger partial charge in [0.2, 0.25) is 0 Å². The second-order valence-electron chi connectivity index (χ2n) is 6.98. The fourth-order valence-electron chi connectivity index (χ4n) is 3.45. The van der Waals surface area contributed by atoms with E-state index in [-0.39, 0.29) is 0 Å². The van der Waals surface area contributed by atoms with Crippen molar-refractivity contribution in [2.75, 3.05) is 11.9 Å². The lowest BCUT2D eigenvalue weighted by molar-refractivity contribution is -0.546. The maximum Gasteiger partial charge on any atom is 0.283 e. The Morgan fingerprint density at radius 3 is 2.08 bits per heavy atom. The fourth-order valence-corrected chi connectivity index (χ4v) is 3.45. The lowest BCUT2D eigenvalue weighted by Crippen LogP contribution is -2.30. The molecule has 1 aliphatic rings. The summed E-state index contributed by atoms with van der Waals surface area (Å²) < 4.78 is 2.46. The van der Waals surface area contributed by atoms with E-state index in [1.54, 1.807) is 0 Å². The smallest absolute Gasteiger partial charge is 0.255 e. The molecule has 0 atom stereocenters. The standard InChI is InChI=1S/C22H26N2/c1-15(2)24-14-18(5)20(19-12-7-6-8-13-19)22(24)23-21-16(3)10-9-11-17(21)4/h6-13,15H,14H2,1-5H3/p+1. The summed E-state index contributed by atoms with van der Waals surface area (Å²) in [4.78, 5) is 0. The van der Waals surface area contributed by atoms with Gasteiger partial charge in [-0.1, -0.05) is 48.5 Å². The topological polar surface area (TPSA) is 15.0 Å². The molecule has 0 spiro atoms. The highest BCUT2D eigenvalue weighted by molar-refractivity contribution is 6.27. The Morgan fingerprint density at radius 2 is 1.50 bits per heavy atom. The van der Waals surface area contributed by atoms with Gasteiger partial charge < -0.3 is 0 Å². The van der Waals surface area contributed by atoms with Crippen molar-refractivity contribution in [3.8, 4) is 0 Å². The molecule has 2 aromatic rings. The first-order chi connectivity index (χ1) is 11.5. The van der Waals surface area contributed by atoms with Crippen LogP contribution < -0.4 is 5.32 Å². The van der Waals surface area contributed by atoms with E-state index in [0.29, 0.717) is 6.04 Å². The molecule has 0 unspecified atom stereocenters. The second kappa shape index (κ2) is 6.64. The van der Waals surface area contributed by atoms with E-state index in [1.807, 2.05) is 0 Å². The monoisotopic (exact) mass is 319 g/mol. The fraction of sp³-hybridized carbons (Fsp3) is 0.318. The van der Waals surface area contributed by atoms with Gasteiger partial charge in [-0.25, -0.2) is 5.32 Å². The largest absolute Gasteiger partial charge is 0.283 e. The van der Waals surface area contributed by atoms with Crippen molar-refractivity contribution in [2.24, 2.45) is 0 Å². The summed E-state index contributed by atoms with van der Waals surface area (Å²) in [5, 5.41) is 3.77. The summed E-state index contributed by atoms with van der Waals surface area (Å²) in [5.41, 5.74) is 7.83. The number of benzene rings is 2. The van der Waals surface area contributed by atoms with Gasteiger partial charge in [0, 0.05) is 0 Å². The van der Waals surface area contributed by atoms with E-state index < -0.39 is 0 Å². The molecule has 0 fully saturated rings. The minimum Gasteiger partial charge on any atom is -0.255 e. The third-order valence-electron chi connectivity index (χ3n) is 4.77. The van der Waals surface area contributed by atoms with Crippen molar-refractivity contribution in [2.45, 2.75) is 40.7 Å². The normalized spacial score (nSPS) is 14.8. The van der Waals surface area contributed by atoms with Crippen LogP contribution >= 0.6 is 0 Å². The van der Waals surface area contributed by atoms with Gasteiger partial charge in [-0.3, -0.25) is 4.58 Å². The number of rotatable bonds is 3. The van der Waals surface area contributed by atoms with Crippen LogP contribution in [0.15, 0.2) is 54.1 Å². The number of nitrogens with zero attached hydrogens (tertiary/aromatic N) is 1. The second-order valence-corrected chi connectivity index (χ2v) is 6.98. The van der Waals surface area contributed by atoms with Crippen LogP contribution in [0.5, 0.6) is 0 Å². The zero-order chi connectivity index (χ0) is 17.3. The highest BCUT2D eigenvalue weighted by atomic mass is 15.2. The summed E-state index contributed by atoms with van der Waals surface area (Å²) in [6.07, 6.45) is 0. The van der Waals surface area contributed by atoms with Crippen molar-refractivity contribution in [1.29, 1.82) is 0 Å². The van der Waals surface area contributed by atoms with Gasteiger partial charge in [0.25, 0.3) is 5.84 Å². The molecule has 2 aromatic carbocycles. The van der Waals surface area contributed by atoms with Crippen LogP contribution in [0.25, 0.3) is 5.57 Å². The molecule has 24 heavy (non-hydrogen) atoms. The average Bonchev–Trinajstić information content (AvgIpc) is 2.88. The zero-order valence-electron chi connectivity index (χ0n) is 15.4. The third kappa shape index (κ3) is 3.01. The van der Waals surface area contributed by atoms with Crippen LogP contribution in [0.2, 0.25) is 0 Å². The molecule has 1 heterocycles. The van der Waals surface area contributed by atoms with E-state index >= 15 is 0 Å². The predicted molar refractivity (Wildman–Crippen MR) is 104 cm³/mol. The summed E-state index contributed by atoms with van der Waals surface area (Å²) >= 11 is 0. The molecule has 2 heteroatoms. The molecule has 3 rings (SSSR count). The molecule has 0 saturated heterocycles. The lowest BCUT2D eigenvalue weighted by Gasteiger charge is -2.14. The van der Waals surface area contributed by atoms with E-state index in [4.69, 9.17) is 0 Å². The zero-order valence-corrected chi connectivity index (χ0v) is 15.4. The molecule has 1 aliphatic heterocycles. The van der Waals surface area contributed by atoms with Gasteiger partial charge in [-0.05, 0) is 56.9 Å². The first kappa shape index (κ1) is 16.5. The summed E-state index contributed by atoms with van der Waals surface area (Å²) in [6, 6.07) is 17.6. The molecule has 0 bridgehead atoms. The SMILES string of the molecule is CC1=C(c2ccccc2)C(Nc2c(C)cccc2C)=[N+](C(C)C)C1. The van der Waals surface area contributed by atoms with Crippen LogP contribution in [0, 0.1) is 13.8 Å². The molecule has 1 N–H and O–H groups in total. The van der Waals surface area contributed by atoms with Gasteiger partial charge in [0.05, 0.1) is 11.6 Å². The Bertz CT molecular complexity index is 791. The Kier molecular flexibility index (Phi) is 4.57. The highest BCUT2D eigenvalue weighted by Gasteiger charge is 2.31. The number of hydrogen-bond donors (Lipinski definition) is 1. The first-order valence-corrected chi connectivity index (χ1v) is 8.71. The maximum atomic E-state index is 3.77. The third-order valence-corrected chi connectivity index (χ3v) is 4.77. The summed E-state index contributed by atoms with van der Waals surface area (Å²) in [5.74, 6) is 1.23. The van der Waals surface area contributed by atoms with Gasteiger partial charge in [-0.15, -0.1) is 0 Å². The molecule has 0 aliphatic carbocycles. The minimum atomic E-state index is 0.452. The molecule has 0 radical (unpaired) electrons. The Hall–Kier alpha value is -2.35. The molecular weight excluding hydrogens is 292 g/mol. The molecule has 0 aromatic heterocycles. The number of anilines is 1. The number of amidine groups is 1. The van der Waals surface area contributed by atoms with Crippen LogP contribution in [0.1, 0.15) is 37.5 Å². The summed E-state index contributed by atoms with van der Waals surface area (Å²) in [7, 11) is 0. The number of nitrogens with one attached hydrogen (secondary N) is 1. The Balaban J connectivity index is 2.11. The van der Waals surface area contributed by atoms with E-state index in [0.717, 1.165) is 6.54 Å². The van der Waals surface area contributed by atoms with E-state index in [2.05, 4.69) is 93.0 Å². The summed E-state index contributed by atoms with van der Waals surface area (Å²) in [6.45, 7) is 12.1. The number of aryl methyl sites for hydroxylation is 2. The van der Waals surface area contributed by atoms with Gasteiger partial charge in [-0.2, -0.15) is 0 Å². The van der Waals surface area contributed by atoms with Crippen LogP contribution in [-0.2, 0) is 0 Å². The van der Waals surface area contributed by atoms with Crippen LogP contribution in [-0.4, -0.2) is 23.0 Å². The van der Waals surface area contributed by atoms with Crippen molar-refractivity contribution < 1.29 is 4.58 Å². The highest BCUT2D eigenvalue weighted by Crippen LogP contribution is 2.29. The number of para-hydroxylation sites is 1. The van der Waals surface area contributed by atoms with E-state index in [1.165, 1.54) is 39.4 Å². The lowest BCUT2D eigenvalue weighted by atomic mass is 10.0. The number of hydrogen-bond acceptors (Lipinski definition) is 1. The van der Waals surface area contributed by atoms with Crippen molar-refractivity contribution in [3.63, 3.8) is 0 Å². The quantitative estimate of drug-likeness (QED) is 0.785. The van der Waals surface area contributed by atoms with E-state index in [9.17, 15) is 0 Å². The van der Waals surface area contributed by atoms with Crippen molar-refractivity contribution >= 4 is 17.1 Å². The minimum absolute atomic E-state index is 0.452. The first-order valence-electron chi connectivity index (χ1n) is 8.71.